The third kappa shape index (κ3) is 1.69. The van der Waals surface area contributed by atoms with Crippen LogP contribution in [0.3, 0.4) is 0 Å². The molecule has 16 heavy (non-hydrogen) atoms. The van der Waals surface area contributed by atoms with Crippen LogP contribution in [0.4, 0.5) is 0 Å². The number of hydrogen-bond acceptors (Lipinski definition) is 2. The van der Waals surface area contributed by atoms with E-state index in [0.29, 0.717) is 16.5 Å². The molecule has 0 saturated carbocycles. The third-order valence-electron chi connectivity index (χ3n) is 2.65. The number of aromatic carboxylic acids is 1. The van der Waals surface area contributed by atoms with Crippen LogP contribution < -0.4 is 0 Å². The van der Waals surface area contributed by atoms with Gasteiger partial charge in [-0.25, -0.2) is 4.79 Å². The van der Waals surface area contributed by atoms with Crippen molar-refractivity contribution in [2.75, 3.05) is 0 Å². The molecule has 0 atom stereocenters. The van der Waals surface area contributed by atoms with E-state index in [0.717, 1.165) is 15.7 Å². The Balaban J connectivity index is 2.96. The Morgan fingerprint density at radius 3 is 2.69 bits per heavy atom. The maximum Gasteiger partial charge on any atom is 0.336 e. The summed E-state index contributed by atoms with van der Waals surface area (Å²) >= 11 is 3.34. The highest BCUT2D eigenvalue weighted by Crippen LogP contribution is 2.25. The van der Waals surface area contributed by atoms with E-state index >= 15 is 0 Å². The summed E-state index contributed by atoms with van der Waals surface area (Å²) in [5, 5.41) is 9.91. The topological polar surface area (TPSA) is 50.2 Å². The van der Waals surface area contributed by atoms with Gasteiger partial charge >= 0.3 is 5.97 Å². The Hall–Kier alpha value is -1.42. The van der Waals surface area contributed by atoms with Crippen LogP contribution in [-0.2, 0) is 0 Å². The molecule has 2 rings (SSSR count). The molecule has 0 aliphatic rings. The lowest BCUT2D eigenvalue weighted by Gasteiger charge is -2.09. The molecular weight excluding hydrogens is 270 g/mol. The molecule has 1 N–H and O–H groups in total. The summed E-state index contributed by atoms with van der Waals surface area (Å²) in [6.07, 6.45) is 0. The van der Waals surface area contributed by atoms with Crippen LogP contribution in [0, 0.1) is 13.8 Å². The normalized spacial score (nSPS) is 10.7. The molecule has 1 aromatic carbocycles. The molecule has 1 heterocycles. The van der Waals surface area contributed by atoms with E-state index in [1.807, 2.05) is 19.1 Å². The van der Waals surface area contributed by atoms with Gasteiger partial charge in [-0.15, -0.1) is 0 Å². The lowest BCUT2D eigenvalue weighted by Crippen LogP contribution is -2.04. The first-order chi connectivity index (χ1) is 7.50. The van der Waals surface area contributed by atoms with Gasteiger partial charge in [0.2, 0.25) is 0 Å². The molecule has 2 aromatic rings. The molecule has 0 unspecified atom stereocenters. The van der Waals surface area contributed by atoms with Crippen molar-refractivity contribution in [3.63, 3.8) is 0 Å². The average Bonchev–Trinajstić information content (AvgIpc) is 2.20. The van der Waals surface area contributed by atoms with Crippen LogP contribution in [0.25, 0.3) is 10.9 Å². The zero-order chi connectivity index (χ0) is 11.9. The number of rotatable bonds is 1. The first kappa shape index (κ1) is 11.1. The number of hydrogen-bond donors (Lipinski definition) is 1. The van der Waals surface area contributed by atoms with Gasteiger partial charge in [-0.1, -0.05) is 15.9 Å². The Labute approximate surface area is 101 Å². The molecule has 0 fully saturated rings. The Bertz CT molecular complexity index is 593. The third-order valence-corrected chi connectivity index (χ3v) is 3.14. The largest absolute Gasteiger partial charge is 0.478 e. The fraction of sp³-hybridized carbons (Fsp3) is 0.167. The molecule has 1 aromatic heterocycles. The fourth-order valence-electron chi connectivity index (χ4n) is 1.73. The molecule has 0 radical (unpaired) electrons. The van der Waals surface area contributed by atoms with Gasteiger partial charge in [0.1, 0.15) is 0 Å². The second-order valence-corrected chi connectivity index (χ2v) is 4.58. The van der Waals surface area contributed by atoms with Crippen molar-refractivity contribution >= 4 is 32.8 Å². The minimum absolute atomic E-state index is 0.337. The van der Waals surface area contributed by atoms with E-state index in [4.69, 9.17) is 0 Å². The highest BCUT2D eigenvalue weighted by Gasteiger charge is 2.15. The number of aromatic nitrogens is 1. The number of carbonyl (C=O) groups is 1. The Morgan fingerprint density at radius 1 is 1.38 bits per heavy atom. The van der Waals surface area contributed by atoms with Crippen molar-refractivity contribution in [1.29, 1.82) is 0 Å². The molecule has 0 amide bonds. The number of fused-ring (bicyclic) bond motifs is 1. The summed E-state index contributed by atoms with van der Waals surface area (Å²) in [7, 11) is 0. The number of carboxylic acids is 1. The summed E-state index contributed by atoms with van der Waals surface area (Å²) in [6, 6.07) is 5.46. The van der Waals surface area contributed by atoms with Gasteiger partial charge in [-0.3, -0.25) is 4.98 Å². The second-order valence-electron chi connectivity index (χ2n) is 3.66. The monoisotopic (exact) mass is 279 g/mol. The molecule has 4 heteroatoms. The van der Waals surface area contributed by atoms with E-state index in [1.54, 1.807) is 13.0 Å². The van der Waals surface area contributed by atoms with Gasteiger partial charge in [0.05, 0.1) is 11.1 Å². The summed E-state index contributed by atoms with van der Waals surface area (Å²) in [5.74, 6) is -0.911. The molecular formula is C12H10BrNO2. The zero-order valence-electron chi connectivity index (χ0n) is 8.91. The van der Waals surface area contributed by atoms with Crippen molar-refractivity contribution in [2.24, 2.45) is 0 Å². The Kier molecular flexibility index (Phi) is 2.68. The highest BCUT2D eigenvalue weighted by atomic mass is 79.9. The standard InChI is InChI=1S/C12H10BrNO2/c1-6-7(2)14-10-4-3-8(13)5-9(10)11(6)12(15)16/h3-5H,1-2H3,(H,15,16). The van der Waals surface area contributed by atoms with E-state index in [-0.39, 0.29) is 0 Å². The number of nitrogens with zero attached hydrogens (tertiary/aromatic N) is 1. The number of carboxylic acid groups (broad SMARTS) is 1. The fourth-order valence-corrected chi connectivity index (χ4v) is 2.09. The maximum absolute atomic E-state index is 11.3. The van der Waals surface area contributed by atoms with Crippen LogP contribution in [0.2, 0.25) is 0 Å². The smallest absolute Gasteiger partial charge is 0.336 e. The molecule has 0 aliphatic heterocycles. The SMILES string of the molecule is Cc1nc2ccc(Br)cc2c(C(=O)O)c1C. The van der Waals surface area contributed by atoms with Crippen LogP contribution in [0.5, 0.6) is 0 Å². The summed E-state index contributed by atoms with van der Waals surface area (Å²) in [4.78, 5) is 15.6. The van der Waals surface area contributed by atoms with Crippen LogP contribution in [0.1, 0.15) is 21.6 Å². The predicted molar refractivity (Wildman–Crippen MR) is 65.9 cm³/mol. The van der Waals surface area contributed by atoms with Gasteiger partial charge in [0.15, 0.2) is 0 Å². The summed E-state index contributed by atoms with van der Waals surface area (Å²) in [5.41, 5.74) is 2.53. The molecule has 0 saturated heterocycles. The van der Waals surface area contributed by atoms with Crippen LogP contribution in [0.15, 0.2) is 22.7 Å². The predicted octanol–water partition coefficient (Wildman–Crippen LogP) is 3.31. The van der Waals surface area contributed by atoms with Crippen LogP contribution >= 0.6 is 15.9 Å². The molecule has 0 aliphatic carbocycles. The highest BCUT2D eigenvalue weighted by molar-refractivity contribution is 9.10. The van der Waals surface area contributed by atoms with E-state index in [2.05, 4.69) is 20.9 Å². The zero-order valence-corrected chi connectivity index (χ0v) is 10.5. The maximum atomic E-state index is 11.3. The first-order valence-electron chi connectivity index (χ1n) is 4.80. The van der Waals surface area contributed by atoms with Crippen molar-refractivity contribution in [1.82, 2.24) is 4.98 Å². The van der Waals surface area contributed by atoms with Gasteiger partial charge < -0.3 is 5.11 Å². The van der Waals surface area contributed by atoms with Crippen molar-refractivity contribution < 1.29 is 9.90 Å². The summed E-state index contributed by atoms with van der Waals surface area (Å²) in [6.45, 7) is 3.61. The van der Waals surface area contributed by atoms with E-state index in [1.165, 1.54) is 0 Å². The minimum atomic E-state index is -0.911. The lowest BCUT2D eigenvalue weighted by atomic mass is 10.0. The minimum Gasteiger partial charge on any atom is -0.478 e. The van der Waals surface area contributed by atoms with Crippen molar-refractivity contribution in [2.45, 2.75) is 13.8 Å². The second kappa shape index (κ2) is 3.87. The average molecular weight is 280 g/mol. The van der Waals surface area contributed by atoms with Crippen molar-refractivity contribution in [3.05, 3.63) is 39.5 Å². The molecule has 82 valence electrons. The number of aryl methyl sites for hydroxylation is 1. The first-order valence-corrected chi connectivity index (χ1v) is 5.59. The summed E-state index contributed by atoms with van der Waals surface area (Å²) < 4.78 is 0.854. The van der Waals surface area contributed by atoms with E-state index in [9.17, 15) is 9.90 Å². The molecule has 3 nitrogen and oxygen atoms in total. The van der Waals surface area contributed by atoms with Gasteiger partial charge in [-0.05, 0) is 37.6 Å². The number of benzene rings is 1. The number of pyridine rings is 1. The van der Waals surface area contributed by atoms with Gasteiger partial charge in [0, 0.05) is 15.6 Å². The Morgan fingerprint density at radius 2 is 2.06 bits per heavy atom. The van der Waals surface area contributed by atoms with Crippen molar-refractivity contribution in [3.8, 4) is 0 Å². The van der Waals surface area contributed by atoms with Gasteiger partial charge in [-0.2, -0.15) is 0 Å². The molecule has 0 spiro atoms. The van der Waals surface area contributed by atoms with Gasteiger partial charge in [0.25, 0.3) is 0 Å². The number of halogens is 1. The van der Waals surface area contributed by atoms with Crippen LogP contribution in [-0.4, -0.2) is 16.1 Å². The quantitative estimate of drug-likeness (QED) is 0.871. The molecule has 0 bridgehead atoms. The lowest BCUT2D eigenvalue weighted by molar-refractivity contribution is 0.0698. The van der Waals surface area contributed by atoms with E-state index < -0.39 is 5.97 Å².